The molecule has 0 fully saturated rings. The average Bonchev–Trinajstić information content (AvgIpc) is 2.57. The molecule has 0 N–H and O–H groups in total. The molecule has 0 unspecified atom stereocenters. The van der Waals surface area contributed by atoms with Crippen molar-refractivity contribution in [1.82, 2.24) is 4.98 Å². The number of rotatable bonds is 2. The van der Waals surface area contributed by atoms with Gasteiger partial charge in [-0.15, -0.1) is 0 Å². The minimum atomic E-state index is 0.654. The van der Waals surface area contributed by atoms with Crippen LogP contribution in [0, 0.1) is 0 Å². The maximum atomic E-state index is 5.09. The van der Waals surface area contributed by atoms with Crippen molar-refractivity contribution in [2.24, 2.45) is 0 Å². The summed E-state index contributed by atoms with van der Waals surface area (Å²) in [5.41, 5.74) is 5.15. The number of nitrogens with zero attached hydrogens (tertiary/aromatic N) is 2. The number of aromatic nitrogens is 1. The van der Waals surface area contributed by atoms with Gasteiger partial charge in [-0.25, -0.2) is 4.98 Å². The van der Waals surface area contributed by atoms with Gasteiger partial charge in [-0.2, -0.15) is 0 Å². The number of methoxy groups -OCH3 is 1. The van der Waals surface area contributed by atoms with Gasteiger partial charge in [0.15, 0.2) is 0 Å². The smallest absolute Gasteiger partial charge is 0.212 e. The summed E-state index contributed by atoms with van der Waals surface area (Å²) in [5.74, 6) is 0.654. The molecule has 0 saturated carbocycles. The van der Waals surface area contributed by atoms with Crippen LogP contribution in [0.2, 0.25) is 0 Å². The molecule has 2 aromatic rings. The lowest BCUT2D eigenvalue weighted by atomic mass is 9.97. The van der Waals surface area contributed by atoms with Crippen molar-refractivity contribution in [3.8, 4) is 17.0 Å². The molecule has 0 bridgehead atoms. The van der Waals surface area contributed by atoms with Crippen molar-refractivity contribution in [2.75, 3.05) is 25.6 Å². The monoisotopic (exact) mass is 284 g/mol. The second kappa shape index (κ2) is 7.11. The second-order valence-corrected chi connectivity index (χ2v) is 4.96. The lowest BCUT2D eigenvalue weighted by Crippen LogP contribution is -2.24. The molecule has 3 heteroatoms. The number of anilines is 1. The SMILES string of the molecule is CC.COc1ccc(-c2ccc3c(c2)CCCN3C)cn1. The molecule has 21 heavy (non-hydrogen) atoms. The number of fused-ring (bicyclic) bond motifs is 1. The minimum absolute atomic E-state index is 0.654. The van der Waals surface area contributed by atoms with Crippen molar-refractivity contribution < 1.29 is 4.74 Å². The quantitative estimate of drug-likeness (QED) is 0.827. The molecule has 0 saturated heterocycles. The minimum Gasteiger partial charge on any atom is -0.481 e. The summed E-state index contributed by atoms with van der Waals surface area (Å²) in [5, 5.41) is 0. The highest BCUT2D eigenvalue weighted by molar-refractivity contribution is 5.69. The third kappa shape index (κ3) is 3.35. The maximum Gasteiger partial charge on any atom is 0.212 e. The van der Waals surface area contributed by atoms with E-state index < -0.39 is 0 Å². The fraction of sp³-hybridized carbons (Fsp3) is 0.389. The zero-order chi connectivity index (χ0) is 15.2. The normalized spacial score (nSPS) is 13.0. The van der Waals surface area contributed by atoms with Gasteiger partial charge in [0.05, 0.1) is 7.11 Å². The molecule has 112 valence electrons. The van der Waals surface area contributed by atoms with E-state index >= 15 is 0 Å². The number of benzene rings is 1. The van der Waals surface area contributed by atoms with Crippen LogP contribution in [0.5, 0.6) is 5.88 Å². The first kappa shape index (κ1) is 15.4. The summed E-state index contributed by atoms with van der Waals surface area (Å²) in [6, 6.07) is 10.6. The molecular weight excluding hydrogens is 260 g/mol. The molecular formula is C18H24N2O. The fourth-order valence-electron chi connectivity index (χ4n) is 2.64. The van der Waals surface area contributed by atoms with E-state index in [1.807, 2.05) is 26.1 Å². The van der Waals surface area contributed by atoms with Gasteiger partial charge >= 0.3 is 0 Å². The Morgan fingerprint density at radius 1 is 1.10 bits per heavy atom. The van der Waals surface area contributed by atoms with Crippen LogP contribution in [0.1, 0.15) is 25.8 Å². The van der Waals surface area contributed by atoms with Gasteiger partial charge < -0.3 is 9.64 Å². The molecule has 0 spiro atoms. The van der Waals surface area contributed by atoms with E-state index in [-0.39, 0.29) is 0 Å². The van der Waals surface area contributed by atoms with Crippen molar-refractivity contribution in [3.63, 3.8) is 0 Å². The number of ether oxygens (including phenoxy) is 1. The van der Waals surface area contributed by atoms with Crippen LogP contribution in [0.25, 0.3) is 11.1 Å². The molecule has 0 atom stereocenters. The number of hydrogen-bond acceptors (Lipinski definition) is 3. The van der Waals surface area contributed by atoms with Crippen LogP contribution in [0.3, 0.4) is 0 Å². The van der Waals surface area contributed by atoms with Crippen LogP contribution >= 0.6 is 0 Å². The first-order valence-electron chi connectivity index (χ1n) is 7.62. The molecule has 0 aliphatic carbocycles. The summed E-state index contributed by atoms with van der Waals surface area (Å²) in [6.45, 7) is 5.15. The van der Waals surface area contributed by atoms with E-state index in [0.717, 1.165) is 18.5 Å². The number of pyridine rings is 1. The van der Waals surface area contributed by atoms with Gasteiger partial charge in [-0.05, 0) is 42.2 Å². The molecule has 0 radical (unpaired) electrons. The maximum absolute atomic E-state index is 5.09. The summed E-state index contributed by atoms with van der Waals surface area (Å²) >= 11 is 0. The van der Waals surface area contributed by atoms with Gasteiger partial charge in [0.1, 0.15) is 0 Å². The van der Waals surface area contributed by atoms with Crippen molar-refractivity contribution >= 4 is 5.69 Å². The van der Waals surface area contributed by atoms with E-state index in [1.165, 1.54) is 23.2 Å². The molecule has 1 aliphatic rings. The topological polar surface area (TPSA) is 25.4 Å². The van der Waals surface area contributed by atoms with E-state index in [9.17, 15) is 0 Å². The van der Waals surface area contributed by atoms with Gasteiger partial charge in [0, 0.05) is 37.1 Å². The molecule has 3 nitrogen and oxygen atoms in total. The van der Waals surface area contributed by atoms with Crippen LogP contribution in [0.15, 0.2) is 36.5 Å². The summed E-state index contributed by atoms with van der Waals surface area (Å²) < 4.78 is 5.09. The summed E-state index contributed by atoms with van der Waals surface area (Å²) in [6.07, 6.45) is 4.26. The average molecular weight is 284 g/mol. The van der Waals surface area contributed by atoms with Crippen molar-refractivity contribution in [1.29, 1.82) is 0 Å². The lowest BCUT2D eigenvalue weighted by Gasteiger charge is -2.27. The molecule has 1 aromatic carbocycles. The summed E-state index contributed by atoms with van der Waals surface area (Å²) in [7, 11) is 3.79. The van der Waals surface area contributed by atoms with Crippen LogP contribution < -0.4 is 9.64 Å². The Hall–Kier alpha value is -2.03. The molecule has 2 heterocycles. The van der Waals surface area contributed by atoms with Gasteiger partial charge in [0.2, 0.25) is 5.88 Å². The third-order valence-corrected chi connectivity index (χ3v) is 3.71. The molecule has 1 aromatic heterocycles. The Kier molecular flexibility index (Phi) is 5.20. The Labute approximate surface area is 127 Å². The fourth-order valence-corrected chi connectivity index (χ4v) is 2.64. The Morgan fingerprint density at radius 3 is 2.52 bits per heavy atom. The van der Waals surface area contributed by atoms with Crippen LogP contribution in [-0.4, -0.2) is 25.7 Å². The van der Waals surface area contributed by atoms with Crippen molar-refractivity contribution in [2.45, 2.75) is 26.7 Å². The highest BCUT2D eigenvalue weighted by Crippen LogP contribution is 2.30. The molecule has 0 amide bonds. The van der Waals surface area contributed by atoms with Gasteiger partial charge in [0.25, 0.3) is 0 Å². The highest BCUT2D eigenvalue weighted by atomic mass is 16.5. The highest BCUT2D eigenvalue weighted by Gasteiger charge is 2.14. The zero-order valence-electron chi connectivity index (χ0n) is 13.4. The van der Waals surface area contributed by atoms with Crippen molar-refractivity contribution in [3.05, 3.63) is 42.1 Å². The zero-order valence-corrected chi connectivity index (χ0v) is 13.4. The van der Waals surface area contributed by atoms with E-state index in [1.54, 1.807) is 7.11 Å². The Bertz CT molecular complexity index is 578. The van der Waals surface area contributed by atoms with Crippen LogP contribution in [0.4, 0.5) is 5.69 Å². The predicted octanol–water partition coefficient (Wildman–Crippen LogP) is 4.17. The second-order valence-electron chi connectivity index (χ2n) is 4.96. The first-order valence-corrected chi connectivity index (χ1v) is 7.62. The van der Waals surface area contributed by atoms with Crippen LogP contribution in [-0.2, 0) is 6.42 Å². The lowest BCUT2D eigenvalue weighted by molar-refractivity contribution is 0.398. The molecule has 3 rings (SSSR count). The number of aryl methyl sites for hydroxylation is 1. The predicted molar refractivity (Wildman–Crippen MR) is 89.2 cm³/mol. The van der Waals surface area contributed by atoms with Gasteiger partial charge in [-0.1, -0.05) is 19.9 Å². The third-order valence-electron chi connectivity index (χ3n) is 3.71. The number of hydrogen-bond donors (Lipinski definition) is 0. The largest absolute Gasteiger partial charge is 0.481 e. The van der Waals surface area contributed by atoms with E-state index in [2.05, 4.69) is 41.2 Å². The first-order chi connectivity index (χ1) is 10.3. The van der Waals surface area contributed by atoms with Gasteiger partial charge in [-0.3, -0.25) is 0 Å². The Morgan fingerprint density at radius 2 is 1.86 bits per heavy atom. The molecule has 1 aliphatic heterocycles. The standard InChI is InChI=1S/C16H18N2O.C2H6/c1-18-9-3-4-13-10-12(5-7-15(13)18)14-6-8-16(19-2)17-11-14;1-2/h5-8,10-11H,3-4,9H2,1-2H3;1-2H3. The summed E-state index contributed by atoms with van der Waals surface area (Å²) in [4.78, 5) is 6.60. The van der Waals surface area contributed by atoms with E-state index in [4.69, 9.17) is 4.74 Å². The Balaban J connectivity index is 0.000000774. The van der Waals surface area contributed by atoms with E-state index in [0.29, 0.717) is 5.88 Å².